The molecule has 0 aliphatic heterocycles. The van der Waals surface area contributed by atoms with Crippen LogP contribution in [0.5, 0.6) is 0 Å². The van der Waals surface area contributed by atoms with Gasteiger partial charge >= 0.3 is 0 Å². The first-order valence-corrected chi connectivity index (χ1v) is 9.81. The van der Waals surface area contributed by atoms with Gasteiger partial charge in [0.2, 0.25) is 0 Å². The summed E-state index contributed by atoms with van der Waals surface area (Å²) >= 11 is 0. The molecule has 0 unspecified atom stereocenters. The number of fused-ring (bicyclic) bond motifs is 1. The topological polar surface area (TPSA) is 89.8 Å². The van der Waals surface area contributed by atoms with Crippen LogP contribution in [0.25, 0.3) is 22.4 Å². The third-order valence-electron chi connectivity index (χ3n) is 4.73. The minimum absolute atomic E-state index is 0.185. The Kier molecular flexibility index (Phi) is 5.61. The molecule has 0 aliphatic carbocycles. The molecule has 7 heteroatoms. The van der Waals surface area contributed by atoms with Crippen LogP contribution in [0.4, 0.5) is 0 Å². The van der Waals surface area contributed by atoms with E-state index >= 15 is 0 Å². The van der Waals surface area contributed by atoms with Gasteiger partial charge in [-0.2, -0.15) is 0 Å². The van der Waals surface area contributed by atoms with E-state index in [1.54, 1.807) is 47.3 Å². The van der Waals surface area contributed by atoms with Crippen LogP contribution in [-0.4, -0.2) is 25.4 Å². The second-order valence-electron chi connectivity index (χ2n) is 6.84. The zero-order valence-electron chi connectivity index (χ0n) is 16.6. The van der Waals surface area contributed by atoms with Crippen molar-refractivity contribution in [2.75, 3.05) is 0 Å². The van der Waals surface area contributed by atoms with Crippen LogP contribution < -0.4 is 10.9 Å². The molecule has 3 aromatic heterocycles. The van der Waals surface area contributed by atoms with Gasteiger partial charge in [0.05, 0.1) is 12.2 Å². The highest BCUT2D eigenvalue weighted by atomic mass is 16.1. The highest BCUT2D eigenvalue weighted by Crippen LogP contribution is 2.18. The third kappa shape index (κ3) is 3.96. The molecule has 0 radical (unpaired) electrons. The molecule has 0 fully saturated rings. The number of amides is 1. The smallest absolute Gasteiger partial charge is 0.278 e. The average Bonchev–Trinajstić information content (AvgIpc) is 2.80. The van der Waals surface area contributed by atoms with E-state index in [4.69, 9.17) is 0 Å². The fourth-order valence-corrected chi connectivity index (χ4v) is 3.25. The highest BCUT2D eigenvalue weighted by Gasteiger charge is 2.14. The lowest BCUT2D eigenvalue weighted by atomic mass is 10.1. The lowest BCUT2D eigenvalue weighted by Gasteiger charge is -2.11. The average molecular weight is 399 g/mol. The maximum atomic E-state index is 13.0. The Morgan fingerprint density at radius 1 is 1.00 bits per heavy atom. The van der Waals surface area contributed by atoms with Crippen LogP contribution in [0.3, 0.4) is 0 Å². The summed E-state index contributed by atoms with van der Waals surface area (Å²) in [5.74, 6) is -0.203. The SMILES string of the molecule is CCCn1c(=O)c(-c2ccc(C(=O)NCc3ccccn3)cc2)nc2cccnc21. The fraction of sp³-hybridized carbons (Fsp3) is 0.174. The molecule has 3 heterocycles. The van der Waals surface area contributed by atoms with Gasteiger partial charge in [-0.05, 0) is 42.8 Å². The molecule has 0 atom stereocenters. The summed E-state index contributed by atoms with van der Waals surface area (Å²) in [6.45, 7) is 2.93. The van der Waals surface area contributed by atoms with E-state index in [1.807, 2.05) is 31.2 Å². The van der Waals surface area contributed by atoms with Gasteiger partial charge in [0.15, 0.2) is 5.65 Å². The summed E-state index contributed by atoms with van der Waals surface area (Å²) in [5, 5.41) is 2.84. The van der Waals surface area contributed by atoms with Crippen molar-refractivity contribution in [1.82, 2.24) is 24.8 Å². The number of benzene rings is 1. The fourth-order valence-electron chi connectivity index (χ4n) is 3.25. The molecule has 4 rings (SSSR count). The molecule has 0 saturated heterocycles. The maximum Gasteiger partial charge on any atom is 0.278 e. The van der Waals surface area contributed by atoms with Crippen molar-refractivity contribution in [3.8, 4) is 11.3 Å². The number of hydrogen-bond acceptors (Lipinski definition) is 5. The summed E-state index contributed by atoms with van der Waals surface area (Å²) in [4.78, 5) is 38.5. The summed E-state index contributed by atoms with van der Waals surface area (Å²) in [6.07, 6.45) is 4.16. The van der Waals surface area contributed by atoms with Crippen molar-refractivity contribution < 1.29 is 4.79 Å². The van der Waals surface area contributed by atoms with Gasteiger partial charge in [-0.15, -0.1) is 0 Å². The monoisotopic (exact) mass is 399 g/mol. The van der Waals surface area contributed by atoms with Crippen LogP contribution in [0.15, 0.2) is 71.8 Å². The number of pyridine rings is 2. The Balaban J connectivity index is 1.61. The molecule has 0 bridgehead atoms. The summed E-state index contributed by atoms with van der Waals surface area (Å²) in [7, 11) is 0. The van der Waals surface area contributed by atoms with E-state index in [9.17, 15) is 9.59 Å². The molecule has 0 spiro atoms. The molecule has 0 saturated carbocycles. The molecule has 0 aliphatic rings. The third-order valence-corrected chi connectivity index (χ3v) is 4.73. The Labute approximate surface area is 173 Å². The van der Waals surface area contributed by atoms with Crippen LogP contribution in [-0.2, 0) is 13.1 Å². The van der Waals surface area contributed by atoms with Crippen molar-refractivity contribution in [1.29, 1.82) is 0 Å². The number of nitrogens with zero attached hydrogens (tertiary/aromatic N) is 4. The summed E-state index contributed by atoms with van der Waals surface area (Å²) in [6, 6.07) is 16.1. The molecule has 1 N–H and O–H groups in total. The molecule has 1 amide bonds. The summed E-state index contributed by atoms with van der Waals surface area (Å²) < 4.78 is 1.66. The number of nitrogens with one attached hydrogen (secondary N) is 1. The van der Waals surface area contributed by atoms with Crippen LogP contribution >= 0.6 is 0 Å². The minimum atomic E-state index is -0.203. The zero-order valence-corrected chi connectivity index (χ0v) is 16.6. The van der Waals surface area contributed by atoms with Crippen molar-refractivity contribution in [2.24, 2.45) is 0 Å². The predicted molar refractivity (Wildman–Crippen MR) is 115 cm³/mol. The molecule has 4 aromatic rings. The normalized spacial score (nSPS) is 10.8. The molecule has 1 aromatic carbocycles. The van der Waals surface area contributed by atoms with Gasteiger partial charge < -0.3 is 5.32 Å². The van der Waals surface area contributed by atoms with Gasteiger partial charge in [0.25, 0.3) is 11.5 Å². The van der Waals surface area contributed by atoms with Crippen molar-refractivity contribution in [3.63, 3.8) is 0 Å². The first kappa shape index (κ1) is 19.4. The van der Waals surface area contributed by atoms with Crippen LogP contribution in [0.1, 0.15) is 29.4 Å². The quantitative estimate of drug-likeness (QED) is 0.538. The van der Waals surface area contributed by atoms with E-state index in [-0.39, 0.29) is 11.5 Å². The Morgan fingerprint density at radius 3 is 2.53 bits per heavy atom. The number of carbonyl (C=O) groups excluding carboxylic acids is 1. The van der Waals surface area contributed by atoms with E-state index in [2.05, 4.69) is 20.3 Å². The van der Waals surface area contributed by atoms with Crippen molar-refractivity contribution in [3.05, 3.63) is 88.6 Å². The van der Waals surface area contributed by atoms with E-state index in [1.165, 1.54) is 0 Å². The Bertz CT molecular complexity index is 1230. The van der Waals surface area contributed by atoms with Gasteiger partial charge in [-0.25, -0.2) is 9.97 Å². The number of carbonyl (C=O) groups is 1. The minimum Gasteiger partial charge on any atom is -0.346 e. The molecular weight excluding hydrogens is 378 g/mol. The van der Waals surface area contributed by atoms with Gasteiger partial charge in [-0.3, -0.25) is 19.1 Å². The van der Waals surface area contributed by atoms with E-state index < -0.39 is 0 Å². The molecular formula is C23H21N5O2. The Morgan fingerprint density at radius 2 is 1.80 bits per heavy atom. The van der Waals surface area contributed by atoms with Gasteiger partial charge in [0.1, 0.15) is 11.2 Å². The van der Waals surface area contributed by atoms with E-state index in [0.717, 1.165) is 12.1 Å². The second kappa shape index (κ2) is 8.65. The molecule has 150 valence electrons. The van der Waals surface area contributed by atoms with Crippen LogP contribution in [0.2, 0.25) is 0 Å². The first-order valence-electron chi connectivity index (χ1n) is 9.81. The second-order valence-corrected chi connectivity index (χ2v) is 6.84. The molecule has 30 heavy (non-hydrogen) atoms. The van der Waals surface area contributed by atoms with Crippen molar-refractivity contribution in [2.45, 2.75) is 26.4 Å². The lowest BCUT2D eigenvalue weighted by molar-refractivity contribution is 0.0950. The number of aromatic nitrogens is 4. The predicted octanol–water partition coefficient (Wildman–Crippen LogP) is 3.19. The maximum absolute atomic E-state index is 13.0. The Hall–Kier alpha value is -3.87. The first-order chi connectivity index (χ1) is 14.7. The van der Waals surface area contributed by atoms with Crippen LogP contribution in [0, 0.1) is 0 Å². The largest absolute Gasteiger partial charge is 0.346 e. The standard InChI is InChI=1S/C23H21N5O2/c1-2-14-28-21-19(7-5-13-25-21)27-20(23(28)30)16-8-10-17(11-9-16)22(29)26-15-18-6-3-4-12-24-18/h3-13H,2,14-15H2,1H3,(H,26,29). The van der Waals surface area contributed by atoms with Gasteiger partial charge in [0, 0.05) is 30.1 Å². The zero-order chi connectivity index (χ0) is 20.9. The number of rotatable bonds is 6. The number of aryl methyl sites for hydroxylation is 1. The van der Waals surface area contributed by atoms with Crippen molar-refractivity contribution >= 4 is 17.1 Å². The number of hydrogen-bond donors (Lipinski definition) is 1. The van der Waals surface area contributed by atoms with E-state index in [0.29, 0.717) is 41.1 Å². The van der Waals surface area contributed by atoms with Gasteiger partial charge in [-0.1, -0.05) is 25.1 Å². The summed E-state index contributed by atoms with van der Waals surface area (Å²) in [5.41, 5.74) is 3.37. The lowest BCUT2D eigenvalue weighted by Crippen LogP contribution is -2.24. The molecule has 7 nitrogen and oxygen atoms in total. The highest BCUT2D eigenvalue weighted by molar-refractivity contribution is 5.94.